The van der Waals surface area contributed by atoms with Crippen LogP contribution in [0.2, 0.25) is 5.02 Å². The maximum absolute atomic E-state index is 6.13. The van der Waals surface area contributed by atoms with Crippen molar-refractivity contribution in [2.75, 3.05) is 6.54 Å². The van der Waals surface area contributed by atoms with Crippen LogP contribution in [-0.4, -0.2) is 11.5 Å². The molecule has 1 aromatic carbocycles. The monoisotopic (exact) mass is 244 g/mol. The number of halogens is 1. The number of nitrogens with one attached hydrogen (secondary N) is 1. The summed E-state index contributed by atoms with van der Waals surface area (Å²) in [6.45, 7) is 3.27. The Morgan fingerprint density at radius 3 is 3.06 bits per heavy atom. The summed E-state index contributed by atoms with van der Waals surface area (Å²) < 4.78 is 0. The molecule has 1 aromatic heterocycles. The first-order chi connectivity index (χ1) is 8.33. The van der Waals surface area contributed by atoms with Crippen LogP contribution in [0.1, 0.15) is 12.5 Å². The Balaban J connectivity index is 2.27. The molecule has 2 aromatic rings. The molecule has 3 heteroatoms. The zero-order valence-corrected chi connectivity index (χ0v) is 10.4. The van der Waals surface area contributed by atoms with Crippen LogP contribution >= 0.6 is 11.6 Å². The van der Waals surface area contributed by atoms with Crippen LogP contribution < -0.4 is 5.32 Å². The fourth-order valence-electron chi connectivity index (χ4n) is 1.69. The molecule has 0 unspecified atom stereocenters. The summed E-state index contributed by atoms with van der Waals surface area (Å²) in [4.78, 5) is 4.38. The highest BCUT2D eigenvalue weighted by atomic mass is 35.5. The number of fused-ring (bicyclic) bond motifs is 1. The average molecular weight is 245 g/mol. The van der Waals surface area contributed by atoms with E-state index in [1.165, 1.54) is 0 Å². The molecule has 86 valence electrons. The highest BCUT2D eigenvalue weighted by Gasteiger charge is 2.04. The zero-order chi connectivity index (χ0) is 12.1. The first-order valence-corrected chi connectivity index (χ1v) is 5.83. The largest absolute Gasteiger partial charge is 0.302 e. The zero-order valence-electron chi connectivity index (χ0n) is 9.63. The molecule has 1 N–H and O–H groups in total. The van der Waals surface area contributed by atoms with Crippen LogP contribution in [0.4, 0.5) is 0 Å². The average Bonchev–Trinajstić information content (AvgIpc) is 2.37. The van der Waals surface area contributed by atoms with E-state index >= 15 is 0 Å². The smallest absolute Gasteiger partial charge is 0.0761 e. The van der Waals surface area contributed by atoms with E-state index in [9.17, 15) is 0 Å². The van der Waals surface area contributed by atoms with Crippen LogP contribution in [0.15, 0.2) is 30.5 Å². The van der Waals surface area contributed by atoms with E-state index in [-0.39, 0.29) is 0 Å². The SMILES string of the molecule is CC#CCNCc1ccc(Cl)c2cccnc12. The molecule has 0 aliphatic rings. The Hall–Kier alpha value is -1.56. The van der Waals surface area contributed by atoms with E-state index in [0.717, 1.165) is 28.0 Å². The maximum atomic E-state index is 6.13. The molecule has 17 heavy (non-hydrogen) atoms. The Morgan fingerprint density at radius 2 is 2.24 bits per heavy atom. The molecular formula is C14H13ClN2. The molecule has 0 atom stereocenters. The molecule has 2 rings (SSSR count). The lowest BCUT2D eigenvalue weighted by Gasteiger charge is -2.07. The van der Waals surface area contributed by atoms with Gasteiger partial charge in [-0.3, -0.25) is 4.98 Å². The van der Waals surface area contributed by atoms with Crippen molar-refractivity contribution in [3.8, 4) is 11.8 Å². The van der Waals surface area contributed by atoms with Crippen LogP contribution in [0, 0.1) is 11.8 Å². The topological polar surface area (TPSA) is 24.9 Å². The van der Waals surface area contributed by atoms with Crippen LogP contribution in [0.3, 0.4) is 0 Å². The summed E-state index contributed by atoms with van der Waals surface area (Å²) in [5, 5.41) is 4.99. The summed E-state index contributed by atoms with van der Waals surface area (Å²) in [6.07, 6.45) is 1.79. The summed E-state index contributed by atoms with van der Waals surface area (Å²) in [7, 11) is 0. The van der Waals surface area contributed by atoms with Crippen molar-refractivity contribution >= 4 is 22.5 Å². The Bertz CT molecular complexity index is 582. The molecule has 0 spiro atoms. The van der Waals surface area contributed by atoms with Gasteiger partial charge in [0.05, 0.1) is 12.1 Å². The van der Waals surface area contributed by atoms with E-state index < -0.39 is 0 Å². The summed E-state index contributed by atoms with van der Waals surface area (Å²) in [5.41, 5.74) is 2.10. The number of rotatable bonds is 3. The second-order valence-electron chi connectivity index (χ2n) is 3.64. The highest BCUT2D eigenvalue weighted by Crippen LogP contribution is 2.24. The van der Waals surface area contributed by atoms with Gasteiger partial charge in [0.1, 0.15) is 0 Å². The minimum Gasteiger partial charge on any atom is -0.302 e. The van der Waals surface area contributed by atoms with Gasteiger partial charge in [-0.05, 0) is 30.7 Å². The molecule has 0 radical (unpaired) electrons. The van der Waals surface area contributed by atoms with E-state index in [0.29, 0.717) is 6.54 Å². The first-order valence-electron chi connectivity index (χ1n) is 5.45. The Morgan fingerprint density at radius 1 is 1.35 bits per heavy atom. The summed E-state index contributed by atoms with van der Waals surface area (Å²) >= 11 is 6.13. The standard InChI is InChI=1S/C14H13ClN2/c1-2-3-8-16-10-11-6-7-13(15)12-5-4-9-17-14(11)12/h4-7,9,16H,8,10H2,1H3. The Kier molecular flexibility index (Phi) is 3.98. The van der Waals surface area contributed by atoms with E-state index in [2.05, 4.69) is 22.1 Å². The predicted molar refractivity (Wildman–Crippen MR) is 71.9 cm³/mol. The normalized spacial score (nSPS) is 10.0. The number of benzene rings is 1. The van der Waals surface area contributed by atoms with Gasteiger partial charge in [0.15, 0.2) is 0 Å². The van der Waals surface area contributed by atoms with Gasteiger partial charge in [0, 0.05) is 23.2 Å². The molecule has 0 saturated carbocycles. The molecule has 0 amide bonds. The number of pyridine rings is 1. The van der Waals surface area contributed by atoms with Gasteiger partial charge in [-0.2, -0.15) is 0 Å². The van der Waals surface area contributed by atoms with Crippen molar-refractivity contribution in [2.24, 2.45) is 0 Å². The second-order valence-corrected chi connectivity index (χ2v) is 4.04. The van der Waals surface area contributed by atoms with Crippen LogP contribution in [-0.2, 0) is 6.54 Å². The summed E-state index contributed by atoms with van der Waals surface area (Å²) in [6, 6.07) is 7.80. The summed E-state index contributed by atoms with van der Waals surface area (Å²) in [5.74, 6) is 5.82. The van der Waals surface area contributed by atoms with Crippen molar-refractivity contribution in [2.45, 2.75) is 13.5 Å². The second kappa shape index (κ2) is 5.67. The van der Waals surface area contributed by atoms with Crippen molar-refractivity contribution < 1.29 is 0 Å². The number of nitrogens with zero attached hydrogens (tertiary/aromatic N) is 1. The molecule has 0 aliphatic carbocycles. The number of hydrogen-bond acceptors (Lipinski definition) is 2. The molecule has 0 fully saturated rings. The third kappa shape index (κ3) is 2.76. The molecule has 0 aliphatic heterocycles. The molecular weight excluding hydrogens is 232 g/mol. The third-order valence-electron chi connectivity index (χ3n) is 2.51. The van der Waals surface area contributed by atoms with Crippen LogP contribution in [0.25, 0.3) is 10.9 Å². The fraction of sp³-hybridized carbons (Fsp3) is 0.214. The van der Waals surface area contributed by atoms with Crippen molar-refractivity contribution in [1.29, 1.82) is 0 Å². The van der Waals surface area contributed by atoms with Gasteiger partial charge in [-0.25, -0.2) is 0 Å². The van der Waals surface area contributed by atoms with E-state index in [4.69, 9.17) is 11.6 Å². The van der Waals surface area contributed by atoms with Gasteiger partial charge < -0.3 is 5.32 Å². The Labute approximate surface area is 106 Å². The van der Waals surface area contributed by atoms with E-state index in [1.807, 2.05) is 31.2 Å². The van der Waals surface area contributed by atoms with E-state index in [1.54, 1.807) is 6.20 Å². The first kappa shape index (κ1) is 11.9. The molecule has 0 bridgehead atoms. The minimum atomic E-state index is 0.688. The quantitative estimate of drug-likeness (QED) is 0.663. The van der Waals surface area contributed by atoms with Gasteiger partial charge in [-0.1, -0.05) is 23.6 Å². The molecule has 1 heterocycles. The van der Waals surface area contributed by atoms with Gasteiger partial charge in [-0.15, -0.1) is 5.92 Å². The lowest BCUT2D eigenvalue weighted by Crippen LogP contribution is -2.13. The fourth-order valence-corrected chi connectivity index (χ4v) is 1.90. The number of aromatic nitrogens is 1. The third-order valence-corrected chi connectivity index (χ3v) is 2.84. The molecule has 0 saturated heterocycles. The van der Waals surface area contributed by atoms with Crippen molar-refractivity contribution in [3.05, 3.63) is 41.0 Å². The van der Waals surface area contributed by atoms with Gasteiger partial charge in [0.25, 0.3) is 0 Å². The maximum Gasteiger partial charge on any atom is 0.0761 e. The lowest BCUT2D eigenvalue weighted by molar-refractivity contribution is 0.773. The lowest BCUT2D eigenvalue weighted by atomic mass is 10.1. The van der Waals surface area contributed by atoms with Gasteiger partial charge in [0.2, 0.25) is 0 Å². The highest BCUT2D eigenvalue weighted by molar-refractivity contribution is 6.35. The minimum absolute atomic E-state index is 0.688. The van der Waals surface area contributed by atoms with Crippen molar-refractivity contribution in [1.82, 2.24) is 10.3 Å². The molecule has 2 nitrogen and oxygen atoms in total. The van der Waals surface area contributed by atoms with Crippen molar-refractivity contribution in [3.63, 3.8) is 0 Å². The van der Waals surface area contributed by atoms with Crippen LogP contribution in [0.5, 0.6) is 0 Å². The predicted octanol–water partition coefficient (Wildman–Crippen LogP) is 3.00. The van der Waals surface area contributed by atoms with Gasteiger partial charge >= 0.3 is 0 Å². The number of hydrogen-bond donors (Lipinski definition) is 1.